The highest BCUT2D eigenvalue weighted by atomic mass is 16.6. The van der Waals surface area contributed by atoms with Crippen LogP contribution in [0.1, 0.15) is 90.9 Å². The summed E-state index contributed by atoms with van der Waals surface area (Å²) >= 11 is 0. The maximum atomic E-state index is 12.2. The highest BCUT2D eigenvalue weighted by Gasteiger charge is 2.36. The average molecular weight is 356 g/mol. The fourth-order valence-electron chi connectivity index (χ4n) is 3.18. The summed E-state index contributed by atoms with van der Waals surface area (Å²) in [6, 6.07) is -0.456. The van der Waals surface area contributed by atoms with Crippen LogP contribution in [0.4, 0.5) is 4.79 Å². The van der Waals surface area contributed by atoms with Crippen molar-refractivity contribution in [2.24, 2.45) is 0 Å². The molecule has 5 heteroatoms. The minimum absolute atomic E-state index is 0.273. The molecule has 0 aromatic rings. The van der Waals surface area contributed by atoms with Gasteiger partial charge in [0, 0.05) is 6.54 Å². The number of unbranched alkanes of at least 4 members (excludes halogenated alkanes) is 8. The fraction of sp³-hybridized carbons (Fsp3) is 0.900. The quantitative estimate of drug-likeness (QED) is 0.342. The molecule has 0 bridgehead atoms. The Bertz CT molecular complexity index is 373. The van der Waals surface area contributed by atoms with E-state index in [9.17, 15) is 9.59 Å². The van der Waals surface area contributed by atoms with E-state index in [1.165, 1.54) is 49.8 Å². The fourth-order valence-corrected chi connectivity index (χ4v) is 3.18. The lowest BCUT2D eigenvalue weighted by atomic mass is 10.1. The van der Waals surface area contributed by atoms with Gasteiger partial charge in [-0.25, -0.2) is 9.59 Å². The first-order valence-electron chi connectivity index (χ1n) is 10.3. The van der Waals surface area contributed by atoms with Gasteiger partial charge >= 0.3 is 12.1 Å². The molecule has 25 heavy (non-hydrogen) atoms. The number of esters is 1. The number of ether oxygens (including phenoxy) is 2. The second-order valence-electron chi connectivity index (χ2n) is 6.96. The van der Waals surface area contributed by atoms with Crippen LogP contribution in [0.25, 0.3) is 0 Å². The van der Waals surface area contributed by atoms with Crippen molar-refractivity contribution in [3.05, 3.63) is 0 Å². The van der Waals surface area contributed by atoms with Crippen molar-refractivity contribution in [2.75, 3.05) is 19.8 Å². The molecule has 1 saturated heterocycles. The van der Waals surface area contributed by atoms with Gasteiger partial charge in [0.05, 0.1) is 13.2 Å². The van der Waals surface area contributed by atoms with Crippen LogP contribution < -0.4 is 0 Å². The van der Waals surface area contributed by atoms with Crippen molar-refractivity contribution < 1.29 is 19.1 Å². The smallest absolute Gasteiger partial charge is 0.410 e. The summed E-state index contributed by atoms with van der Waals surface area (Å²) in [6.45, 7) is 5.63. The number of hydrogen-bond acceptors (Lipinski definition) is 4. The lowest BCUT2D eigenvalue weighted by Gasteiger charge is -2.22. The lowest BCUT2D eigenvalue weighted by molar-refractivity contribution is -0.148. The molecular weight excluding hydrogens is 318 g/mol. The predicted molar refractivity (Wildman–Crippen MR) is 99.6 cm³/mol. The second-order valence-corrected chi connectivity index (χ2v) is 6.96. The van der Waals surface area contributed by atoms with Crippen LogP contribution in [0.2, 0.25) is 0 Å². The summed E-state index contributed by atoms with van der Waals surface area (Å²) < 4.78 is 10.5. The lowest BCUT2D eigenvalue weighted by Crippen LogP contribution is -2.41. The molecule has 1 aliphatic heterocycles. The molecule has 1 amide bonds. The zero-order valence-corrected chi connectivity index (χ0v) is 16.3. The normalized spacial score (nSPS) is 16.9. The number of rotatable bonds is 13. The molecule has 0 N–H and O–H groups in total. The monoisotopic (exact) mass is 355 g/mol. The highest BCUT2D eigenvalue weighted by Crippen LogP contribution is 2.20. The Hall–Kier alpha value is -1.26. The van der Waals surface area contributed by atoms with Crippen molar-refractivity contribution in [2.45, 2.75) is 96.9 Å². The van der Waals surface area contributed by atoms with E-state index in [4.69, 9.17) is 9.47 Å². The molecule has 0 spiro atoms. The van der Waals surface area contributed by atoms with Crippen molar-refractivity contribution in [3.8, 4) is 0 Å². The third-order valence-electron chi connectivity index (χ3n) is 4.68. The van der Waals surface area contributed by atoms with Crippen molar-refractivity contribution >= 4 is 12.1 Å². The number of likely N-dealkylation sites (tertiary alicyclic amines) is 1. The topological polar surface area (TPSA) is 55.8 Å². The van der Waals surface area contributed by atoms with Crippen LogP contribution in [0.15, 0.2) is 0 Å². The van der Waals surface area contributed by atoms with E-state index >= 15 is 0 Å². The van der Waals surface area contributed by atoms with E-state index in [1.54, 1.807) is 0 Å². The molecule has 0 aromatic carbocycles. The molecular formula is C20H37NO4. The van der Waals surface area contributed by atoms with Gasteiger partial charge in [0.25, 0.3) is 0 Å². The Balaban J connectivity index is 2.08. The maximum Gasteiger partial charge on any atom is 0.410 e. The van der Waals surface area contributed by atoms with Crippen LogP contribution in [0.3, 0.4) is 0 Å². The summed E-state index contributed by atoms with van der Waals surface area (Å²) in [5, 5.41) is 0. The van der Waals surface area contributed by atoms with Crippen molar-refractivity contribution in [3.63, 3.8) is 0 Å². The second kappa shape index (κ2) is 14.0. The summed E-state index contributed by atoms with van der Waals surface area (Å²) in [5.74, 6) is -0.273. The molecule has 0 radical (unpaired) electrons. The van der Waals surface area contributed by atoms with E-state index in [-0.39, 0.29) is 12.1 Å². The van der Waals surface area contributed by atoms with Crippen LogP contribution in [-0.4, -0.2) is 42.8 Å². The van der Waals surface area contributed by atoms with Gasteiger partial charge < -0.3 is 9.47 Å². The Kier molecular flexibility index (Phi) is 12.2. The van der Waals surface area contributed by atoms with Gasteiger partial charge in [-0.3, -0.25) is 4.90 Å². The molecule has 1 rings (SSSR count). The standard InChI is InChI=1S/C20H37NO4/c1-3-5-6-7-8-9-10-11-12-17-24-19(22)18-14-13-15-21(18)20(23)25-16-4-2/h18H,3-17H2,1-2H3. The predicted octanol–water partition coefficient (Wildman–Crippen LogP) is 5.07. The third kappa shape index (κ3) is 9.13. The zero-order valence-electron chi connectivity index (χ0n) is 16.3. The van der Waals surface area contributed by atoms with Gasteiger partial charge in [-0.2, -0.15) is 0 Å². The van der Waals surface area contributed by atoms with Gasteiger partial charge in [0.1, 0.15) is 6.04 Å². The maximum absolute atomic E-state index is 12.2. The van der Waals surface area contributed by atoms with Crippen LogP contribution in [-0.2, 0) is 14.3 Å². The summed E-state index contributed by atoms with van der Waals surface area (Å²) in [5.41, 5.74) is 0. The molecule has 1 fully saturated rings. The molecule has 146 valence electrons. The average Bonchev–Trinajstić information content (AvgIpc) is 3.11. The number of carbonyl (C=O) groups is 2. The molecule has 0 aliphatic carbocycles. The van der Waals surface area contributed by atoms with Gasteiger partial charge in [-0.05, 0) is 25.7 Å². The first-order chi connectivity index (χ1) is 12.2. The first kappa shape index (κ1) is 21.8. The van der Waals surface area contributed by atoms with Gasteiger partial charge in [-0.1, -0.05) is 65.2 Å². The Morgan fingerprint density at radius 2 is 1.48 bits per heavy atom. The summed E-state index contributed by atoms with van der Waals surface area (Å²) in [7, 11) is 0. The molecule has 1 unspecified atom stereocenters. The van der Waals surface area contributed by atoms with E-state index in [0.29, 0.717) is 26.2 Å². The minimum atomic E-state index is -0.456. The van der Waals surface area contributed by atoms with Gasteiger partial charge in [0.2, 0.25) is 0 Å². The largest absolute Gasteiger partial charge is 0.464 e. The molecule has 0 aromatic heterocycles. The number of nitrogens with zero attached hydrogens (tertiary/aromatic N) is 1. The summed E-state index contributed by atoms with van der Waals surface area (Å²) in [4.78, 5) is 25.7. The van der Waals surface area contributed by atoms with Crippen LogP contribution in [0.5, 0.6) is 0 Å². The van der Waals surface area contributed by atoms with Gasteiger partial charge in [-0.15, -0.1) is 0 Å². The Morgan fingerprint density at radius 1 is 0.840 bits per heavy atom. The summed E-state index contributed by atoms with van der Waals surface area (Å²) in [6.07, 6.45) is 13.1. The van der Waals surface area contributed by atoms with Crippen LogP contribution in [0, 0.1) is 0 Å². The molecule has 1 heterocycles. The Labute approximate surface area is 153 Å². The highest BCUT2D eigenvalue weighted by molar-refractivity contribution is 5.82. The van der Waals surface area contributed by atoms with E-state index < -0.39 is 6.04 Å². The molecule has 1 atom stereocenters. The number of amides is 1. The van der Waals surface area contributed by atoms with Gasteiger partial charge in [0.15, 0.2) is 0 Å². The van der Waals surface area contributed by atoms with E-state index in [1.807, 2.05) is 6.92 Å². The Morgan fingerprint density at radius 3 is 2.12 bits per heavy atom. The third-order valence-corrected chi connectivity index (χ3v) is 4.68. The molecule has 0 saturated carbocycles. The number of carbonyl (C=O) groups excluding carboxylic acids is 2. The zero-order chi connectivity index (χ0) is 18.3. The van der Waals surface area contributed by atoms with Crippen molar-refractivity contribution in [1.82, 2.24) is 4.90 Å². The molecule has 1 aliphatic rings. The van der Waals surface area contributed by atoms with Crippen molar-refractivity contribution in [1.29, 1.82) is 0 Å². The number of hydrogen-bond donors (Lipinski definition) is 0. The van der Waals surface area contributed by atoms with E-state index in [2.05, 4.69) is 6.92 Å². The SMILES string of the molecule is CCCCCCCCCCCOC(=O)C1CCCN1C(=O)OCCC. The minimum Gasteiger partial charge on any atom is -0.464 e. The first-order valence-corrected chi connectivity index (χ1v) is 10.3. The molecule has 5 nitrogen and oxygen atoms in total. The van der Waals surface area contributed by atoms with E-state index in [0.717, 1.165) is 25.7 Å². The van der Waals surface area contributed by atoms with Crippen LogP contribution >= 0.6 is 0 Å².